The van der Waals surface area contributed by atoms with Gasteiger partial charge in [-0.2, -0.15) is 0 Å². The van der Waals surface area contributed by atoms with Crippen LogP contribution in [-0.2, 0) is 11.2 Å². The minimum absolute atomic E-state index is 0.0235. The molecule has 2 aromatic rings. The van der Waals surface area contributed by atoms with E-state index in [1.165, 1.54) is 19.3 Å². The molecule has 1 saturated carbocycles. The SMILES string of the molecule is O=C(Cc1noc2ccccc12)NC1(CBr)CCCCC1. The quantitative estimate of drug-likeness (QED) is 0.857. The maximum atomic E-state index is 12.4. The largest absolute Gasteiger partial charge is 0.356 e. The van der Waals surface area contributed by atoms with E-state index in [0.29, 0.717) is 5.69 Å². The lowest BCUT2D eigenvalue weighted by atomic mass is 9.83. The fraction of sp³-hybridized carbons (Fsp3) is 0.500. The lowest BCUT2D eigenvalue weighted by Gasteiger charge is -2.36. The first-order valence-electron chi connectivity index (χ1n) is 7.43. The number of hydrogen-bond acceptors (Lipinski definition) is 3. The second kappa shape index (κ2) is 6.18. The van der Waals surface area contributed by atoms with Crippen LogP contribution >= 0.6 is 15.9 Å². The summed E-state index contributed by atoms with van der Waals surface area (Å²) < 4.78 is 5.25. The van der Waals surface area contributed by atoms with Crippen LogP contribution in [0, 0.1) is 0 Å². The number of amides is 1. The number of alkyl halides is 1. The number of aromatic nitrogens is 1. The minimum atomic E-state index is -0.0884. The van der Waals surface area contributed by atoms with Crippen LogP contribution in [-0.4, -0.2) is 21.9 Å². The molecule has 0 aliphatic heterocycles. The van der Waals surface area contributed by atoms with Crippen molar-refractivity contribution in [3.8, 4) is 0 Å². The first-order valence-corrected chi connectivity index (χ1v) is 8.55. The van der Waals surface area contributed by atoms with Crippen molar-refractivity contribution in [2.24, 2.45) is 0 Å². The van der Waals surface area contributed by atoms with Gasteiger partial charge < -0.3 is 9.84 Å². The molecule has 1 aromatic heterocycles. The van der Waals surface area contributed by atoms with E-state index >= 15 is 0 Å². The third kappa shape index (κ3) is 3.12. The van der Waals surface area contributed by atoms with Crippen molar-refractivity contribution < 1.29 is 9.32 Å². The van der Waals surface area contributed by atoms with Crippen LogP contribution in [0.4, 0.5) is 0 Å². The van der Waals surface area contributed by atoms with Crippen molar-refractivity contribution in [1.29, 1.82) is 0 Å². The van der Waals surface area contributed by atoms with E-state index in [-0.39, 0.29) is 17.9 Å². The summed E-state index contributed by atoms with van der Waals surface area (Å²) in [6.07, 6.45) is 5.98. The van der Waals surface area contributed by atoms with Gasteiger partial charge in [0.25, 0.3) is 0 Å². The average molecular weight is 351 g/mol. The van der Waals surface area contributed by atoms with Crippen molar-refractivity contribution in [1.82, 2.24) is 10.5 Å². The van der Waals surface area contributed by atoms with E-state index < -0.39 is 0 Å². The van der Waals surface area contributed by atoms with Gasteiger partial charge in [-0.25, -0.2) is 0 Å². The number of para-hydroxylation sites is 1. The molecule has 0 spiro atoms. The highest BCUT2D eigenvalue weighted by Crippen LogP contribution is 2.30. The van der Waals surface area contributed by atoms with Gasteiger partial charge in [-0.1, -0.05) is 52.5 Å². The Kier molecular flexibility index (Phi) is 4.29. The van der Waals surface area contributed by atoms with Crippen molar-refractivity contribution in [2.45, 2.75) is 44.1 Å². The van der Waals surface area contributed by atoms with Crippen molar-refractivity contribution >= 4 is 32.8 Å². The maximum absolute atomic E-state index is 12.4. The van der Waals surface area contributed by atoms with Crippen molar-refractivity contribution in [3.63, 3.8) is 0 Å². The summed E-state index contributed by atoms with van der Waals surface area (Å²) in [5, 5.41) is 8.98. The molecule has 4 nitrogen and oxygen atoms in total. The fourth-order valence-corrected chi connectivity index (χ4v) is 3.78. The molecule has 1 fully saturated rings. The van der Waals surface area contributed by atoms with Gasteiger partial charge in [0.2, 0.25) is 5.91 Å². The van der Waals surface area contributed by atoms with Crippen LogP contribution in [0.1, 0.15) is 37.8 Å². The molecular weight excluding hydrogens is 332 g/mol. The van der Waals surface area contributed by atoms with E-state index in [4.69, 9.17) is 4.52 Å². The maximum Gasteiger partial charge on any atom is 0.226 e. The highest BCUT2D eigenvalue weighted by molar-refractivity contribution is 9.09. The number of hydrogen-bond donors (Lipinski definition) is 1. The summed E-state index contributed by atoms with van der Waals surface area (Å²) >= 11 is 3.57. The molecule has 1 aliphatic rings. The number of carbonyl (C=O) groups is 1. The summed E-state index contributed by atoms with van der Waals surface area (Å²) in [5.74, 6) is 0.0235. The second-order valence-electron chi connectivity index (χ2n) is 5.83. The highest BCUT2D eigenvalue weighted by Gasteiger charge is 2.32. The number of nitrogens with zero attached hydrogens (tertiary/aromatic N) is 1. The molecule has 1 aromatic carbocycles. The van der Waals surface area contributed by atoms with Gasteiger partial charge in [-0.15, -0.1) is 0 Å². The Balaban J connectivity index is 1.71. The Morgan fingerprint density at radius 2 is 2.05 bits per heavy atom. The number of fused-ring (bicyclic) bond motifs is 1. The Bertz CT molecular complexity index is 632. The standard InChI is InChI=1S/C16H19BrN2O2/c17-11-16(8-4-1-5-9-16)18-15(20)10-13-12-6-2-3-7-14(12)21-19-13/h2-3,6-7H,1,4-5,8-11H2,(H,18,20). The molecule has 0 radical (unpaired) electrons. The van der Waals surface area contributed by atoms with E-state index in [1.54, 1.807) is 0 Å². The lowest BCUT2D eigenvalue weighted by Crippen LogP contribution is -2.51. The van der Waals surface area contributed by atoms with Crippen LogP contribution in [0.5, 0.6) is 0 Å². The van der Waals surface area contributed by atoms with Crippen molar-refractivity contribution in [2.75, 3.05) is 5.33 Å². The van der Waals surface area contributed by atoms with E-state index in [1.807, 2.05) is 24.3 Å². The lowest BCUT2D eigenvalue weighted by molar-refractivity contribution is -0.122. The summed E-state index contributed by atoms with van der Waals surface area (Å²) in [4.78, 5) is 12.4. The van der Waals surface area contributed by atoms with Gasteiger partial charge in [0.15, 0.2) is 5.58 Å². The molecule has 112 valence electrons. The van der Waals surface area contributed by atoms with Gasteiger partial charge in [-0.05, 0) is 25.0 Å². The zero-order valence-corrected chi connectivity index (χ0v) is 13.5. The predicted molar refractivity (Wildman–Crippen MR) is 85.5 cm³/mol. The van der Waals surface area contributed by atoms with Crippen molar-refractivity contribution in [3.05, 3.63) is 30.0 Å². The number of carbonyl (C=O) groups excluding carboxylic acids is 1. The van der Waals surface area contributed by atoms with E-state index in [0.717, 1.165) is 29.1 Å². The second-order valence-corrected chi connectivity index (χ2v) is 6.39. The number of nitrogens with one attached hydrogen (secondary N) is 1. The summed E-state index contributed by atoms with van der Waals surface area (Å²) in [6, 6.07) is 7.64. The Labute approximate surface area is 132 Å². The molecule has 0 unspecified atom stereocenters. The van der Waals surface area contributed by atoms with Crippen LogP contribution < -0.4 is 5.32 Å². The van der Waals surface area contributed by atoms with Gasteiger partial charge >= 0.3 is 0 Å². The number of halogens is 1. The average Bonchev–Trinajstić information content (AvgIpc) is 2.91. The number of rotatable bonds is 4. The molecule has 21 heavy (non-hydrogen) atoms. The zero-order valence-electron chi connectivity index (χ0n) is 11.9. The normalized spacial score (nSPS) is 17.8. The molecular formula is C16H19BrN2O2. The van der Waals surface area contributed by atoms with Gasteiger partial charge in [-0.3, -0.25) is 4.79 Å². The van der Waals surface area contributed by atoms with Crippen LogP contribution in [0.25, 0.3) is 11.0 Å². The smallest absolute Gasteiger partial charge is 0.226 e. The zero-order chi connectivity index (χ0) is 14.7. The molecule has 0 saturated heterocycles. The molecule has 1 amide bonds. The molecule has 3 rings (SSSR count). The monoisotopic (exact) mass is 350 g/mol. The fourth-order valence-electron chi connectivity index (χ4n) is 3.08. The Morgan fingerprint density at radius 1 is 1.29 bits per heavy atom. The Hall–Kier alpha value is -1.36. The molecule has 5 heteroatoms. The number of benzene rings is 1. The van der Waals surface area contributed by atoms with Gasteiger partial charge in [0, 0.05) is 16.3 Å². The third-order valence-electron chi connectivity index (χ3n) is 4.25. The van der Waals surface area contributed by atoms with Crippen LogP contribution in [0.2, 0.25) is 0 Å². The van der Waals surface area contributed by atoms with E-state index in [9.17, 15) is 4.79 Å². The molecule has 1 N–H and O–H groups in total. The molecule has 0 bridgehead atoms. The summed E-state index contributed by atoms with van der Waals surface area (Å²) in [6.45, 7) is 0. The first kappa shape index (κ1) is 14.6. The molecule has 0 atom stereocenters. The third-order valence-corrected chi connectivity index (χ3v) is 5.32. The van der Waals surface area contributed by atoms with Gasteiger partial charge in [0.05, 0.1) is 6.42 Å². The summed E-state index contributed by atoms with van der Waals surface area (Å²) in [7, 11) is 0. The minimum Gasteiger partial charge on any atom is -0.356 e. The van der Waals surface area contributed by atoms with E-state index in [2.05, 4.69) is 26.4 Å². The molecule has 1 heterocycles. The Morgan fingerprint density at radius 3 is 2.81 bits per heavy atom. The highest BCUT2D eigenvalue weighted by atomic mass is 79.9. The van der Waals surface area contributed by atoms with Crippen LogP contribution in [0.3, 0.4) is 0 Å². The van der Waals surface area contributed by atoms with Crippen LogP contribution in [0.15, 0.2) is 28.8 Å². The predicted octanol–water partition coefficient (Wildman–Crippen LogP) is 3.58. The topological polar surface area (TPSA) is 55.1 Å². The first-order chi connectivity index (χ1) is 10.2. The molecule has 1 aliphatic carbocycles. The van der Waals surface area contributed by atoms with Gasteiger partial charge in [0.1, 0.15) is 5.69 Å². The summed E-state index contributed by atoms with van der Waals surface area (Å²) in [5.41, 5.74) is 1.35.